The van der Waals surface area contributed by atoms with Crippen molar-refractivity contribution >= 4 is 34.4 Å². The Hall–Kier alpha value is -4.65. The van der Waals surface area contributed by atoms with Crippen molar-refractivity contribution in [2.75, 3.05) is 5.32 Å². The molecule has 1 aliphatic carbocycles. The molecule has 2 N–H and O–H groups in total. The Morgan fingerprint density at radius 1 is 0.867 bits per heavy atom. The summed E-state index contributed by atoms with van der Waals surface area (Å²) in [6, 6.07) is 27.4. The zero-order chi connectivity index (χ0) is 32.1. The van der Waals surface area contributed by atoms with Crippen LogP contribution in [0, 0.1) is 13.8 Å². The van der Waals surface area contributed by atoms with Crippen molar-refractivity contribution in [2.45, 2.75) is 84.0 Å². The predicted octanol–water partition coefficient (Wildman–Crippen LogP) is 7.65. The summed E-state index contributed by atoms with van der Waals surface area (Å²) in [5.74, 6) is -0.607. The minimum Gasteiger partial charge on any atom is -0.444 e. The second-order valence-electron chi connectivity index (χ2n) is 13.0. The van der Waals surface area contributed by atoms with Gasteiger partial charge in [-0.15, -0.1) is 0 Å². The monoisotopic (exact) mass is 605 g/mol. The van der Waals surface area contributed by atoms with E-state index in [9.17, 15) is 14.4 Å². The highest BCUT2D eigenvalue weighted by Crippen LogP contribution is 2.36. The van der Waals surface area contributed by atoms with Gasteiger partial charge in [0.2, 0.25) is 5.91 Å². The van der Waals surface area contributed by atoms with E-state index in [0.717, 1.165) is 52.3 Å². The number of hydrogen-bond acceptors (Lipinski definition) is 4. The van der Waals surface area contributed by atoms with Crippen molar-refractivity contribution in [2.24, 2.45) is 0 Å². The molecule has 0 bridgehead atoms. The Bertz CT molecular complexity index is 1670. The lowest BCUT2D eigenvalue weighted by atomic mass is 9.86. The number of benzene rings is 4. The predicted molar refractivity (Wildman–Crippen MR) is 179 cm³/mol. The summed E-state index contributed by atoms with van der Waals surface area (Å²) in [4.78, 5) is 44.1. The number of rotatable bonds is 9. The number of anilines is 1. The van der Waals surface area contributed by atoms with Crippen LogP contribution in [0.25, 0.3) is 10.8 Å². The molecule has 2 unspecified atom stereocenters. The molecule has 0 saturated heterocycles. The summed E-state index contributed by atoms with van der Waals surface area (Å²) in [6.07, 6.45) is 2.10. The molecule has 0 radical (unpaired) electrons. The van der Waals surface area contributed by atoms with Crippen LogP contribution < -0.4 is 10.6 Å². The summed E-state index contributed by atoms with van der Waals surface area (Å²) < 4.78 is 5.58. The molecule has 0 aromatic heterocycles. The fraction of sp³-hybridized carbons (Fsp3) is 0.342. The third-order valence-corrected chi connectivity index (χ3v) is 8.27. The minimum absolute atomic E-state index is 0.150. The van der Waals surface area contributed by atoms with Crippen LogP contribution in [0.1, 0.15) is 68.3 Å². The highest BCUT2D eigenvalue weighted by Gasteiger charge is 2.42. The summed E-state index contributed by atoms with van der Waals surface area (Å²) >= 11 is 0. The minimum atomic E-state index is -0.941. The van der Waals surface area contributed by atoms with Crippen LogP contribution in [-0.4, -0.2) is 40.5 Å². The topological polar surface area (TPSA) is 87.7 Å². The van der Waals surface area contributed by atoms with Gasteiger partial charge in [-0.1, -0.05) is 84.4 Å². The van der Waals surface area contributed by atoms with Gasteiger partial charge in [0.15, 0.2) is 0 Å². The first-order chi connectivity index (χ1) is 21.5. The zero-order valence-corrected chi connectivity index (χ0v) is 26.8. The van der Waals surface area contributed by atoms with Gasteiger partial charge in [-0.25, -0.2) is 4.79 Å². The average Bonchev–Trinajstić information content (AvgIpc) is 2.96. The molecule has 234 valence electrons. The number of ether oxygens (including phenoxy) is 1. The van der Waals surface area contributed by atoms with E-state index in [0.29, 0.717) is 5.69 Å². The number of hydrogen-bond donors (Lipinski definition) is 2. The van der Waals surface area contributed by atoms with Gasteiger partial charge in [-0.3, -0.25) is 9.59 Å². The molecule has 7 nitrogen and oxygen atoms in total. The smallest absolute Gasteiger partial charge is 0.408 e. The Balaban J connectivity index is 1.55. The number of alkyl carbamates (subject to hydrolysis) is 1. The number of carbonyl (C=O) groups excluding carboxylic acids is 3. The standard InChI is InChI=1S/C38H43N3O4/c1-25-18-19-26(2)32(22-25)34(35(42)39-30-21-20-28-14-9-10-15-29(28)24-30)41(31-16-11-17-31)36(43)33(23-27-12-7-6-8-13-27)40-37(44)45-38(3,4)5/h6-10,12-15,18-22,24,31,33-34H,11,16-17,23H2,1-5H3,(H,39,42)(H,40,44). The first-order valence-corrected chi connectivity index (χ1v) is 15.7. The zero-order valence-electron chi connectivity index (χ0n) is 26.8. The van der Waals surface area contributed by atoms with Gasteiger partial charge in [-0.2, -0.15) is 0 Å². The maximum absolute atomic E-state index is 14.8. The van der Waals surface area contributed by atoms with Crippen LogP contribution in [0.2, 0.25) is 0 Å². The van der Waals surface area contributed by atoms with Crippen LogP contribution >= 0.6 is 0 Å². The van der Waals surface area contributed by atoms with E-state index < -0.39 is 23.8 Å². The lowest BCUT2D eigenvalue weighted by Gasteiger charge is -2.44. The van der Waals surface area contributed by atoms with Gasteiger partial charge in [0.25, 0.3) is 5.91 Å². The first-order valence-electron chi connectivity index (χ1n) is 15.7. The Labute approximate surface area is 266 Å². The van der Waals surface area contributed by atoms with Crippen LogP contribution in [0.15, 0.2) is 91.0 Å². The average molecular weight is 606 g/mol. The lowest BCUT2D eigenvalue weighted by molar-refractivity contribution is -0.145. The highest BCUT2D eigenvalue weighted by molar-refractivity contribution is 6.00. The maximum atomic E-state index is 14.8. The summed E-state index contributed by atoms with van der Waals surface area (Å²) in [7, 11) is 0. The molecule has 0 heterocycles. The molecule has 7 heteroatoms. The van der Waals surface area contributed by atoms with E-state index in [2.05, 4.69) is 10.6 Å². The van der Waals surface area contributed by atoms with Gasteiger partial charge < -0.3 is 20.3 Å². The van der Waals surface area contributed by atoms with Crippen molar-refractivity contribution in [1.29, 1.82) is 0 Å². The summed E-state index contributed by atoms with van der Waals surface area (Å²) in [5, 5.41) is 8.08. The van der Waals surface area contributed by atoms with E-state index in [1.807, 2.05) is 105 Å². The van der Waals surface area contributed by atoms with E-state index in [1.165, 1.54) is 0 Å². The van der Waals surface area contributed by atoms with Crippen molar-refractivity contribution < 1.29 is 19.1 Å². The first kappa shape index (κ1) is 31.8. The largest absolute Gasteiger partial charge is 0.444 e. The Kier molecular flexibility index (Phi) is 9.57. The molecule has 4 aromatic carbocycles. The molecular weight excluding hydrogens is 562 g/mol. The second-order valence-corrected chi connectivity index (χ2v) is 13.0. The van der Waals surface area contributed by atoms with Gasteiger partial charge in [-0.05, 0) is 93.5 Å². The fourth-order valence-electron chi connectivity index (χ4n) is 5.81. The number of carbonyl (C=O) groups is 3. The number of aryl methyl sites for hydroxylation is 2. The van der Waals surface area contributed by atoms with Crippen molar-refractivity contribution in [1.82, 2.24) is 10.2 Å². The molecule has 1 fully saturated rings. The third kappa shape index (κ3) is 7.90. The molecule has 2 atom stereocenters. The van der Waals surface area contributed by atoms with Gasteiger partial charge in [0.1, 0.15) is 17.7 Å². The van der Waals surface area contributed by atoms with Crippen LogP contribution in [0.4, 0.5) is 10.5 Å². The van der Waals surface area contributed by atoms with Crippen molar-refractivity contribution in [3.8, 4) is 0 Å². The van der Waals surface area contributed by atoms with Crippen molar-refractivity contribution in [3.63, 3.8) is 0 Å². The van der Waals surface area contributed by atoms with Gasteiger partial charge in [0, 0.05) is 18.2 Å². The molecule has 1 saturated carbocycles. The number of nitrogens with one attached hydrogen (secondary N) is 2. The summed E-state index contributed by atoms with van der Waals surface area (Å²) in [5.41, 5.74) is 3.49. The number of fused-ring (bicyclic) bond motifs is 1. The Morgan fingerprint density at radius 2 is 1.56 bits per heavy atom. The summed E-state index contributed by atoms with van der Waals surface area (Å²) in [6.45, 7) is 9.31. The molecule has 0 spiro atoms. The van der Waals surface area contributed by atoms with E-state index in [-0.39, 0.29) is 24.3 Å². The quantitative estimate of drug-likeness (QED) is 0.205. The lowest BCUT2D eigenvalue weighted by Crippen LogP contribution is -2.57. The highest BCUT2D eigenvalue weighted by atomic mass is 16.6. The van der Waals surface area contributed by atoms with E-state index in [1.54, 1.807) is 25.7 Å². The van der Waals surface area contributed by atoms with Gasteiger partial charge >= 0.3 is 6.09 Å². The maximum Gasteiger partial charge on any atom is 0.408 e. The molecule has 4 aromatic rings. The molecular formula is C38H43N3O4. The number of nitrogens with zero attached hydrogens (tertiary/aromatic N) is 1. The second kappa shape index (κ2) is 13.6. The number of amides is 3. The van der Waals surface area contributed by atoms with E-state index >= 15 is 0 Å². The third-order valence-electron chi connectivity index (χ3n) is 8.27. The van der Waals surface area contributed by atoms with Gasteiger partial charge in [0.05, 0.1) is 0 Å². The molecule has 1 aliphatic rings. The Morgan fingerprint density at radius 3 is 2.22 bits per heavy atom. The molecule has 0 aliphatic heterocycles. The molecule has 5 rings (SSSR count). The van der Waals surface area contributed by atoms with Crippen LogP contribution in [0.3, 0.4) is 0 Å². The molecule has 3 amide bonds. The normalized spacial score (nSPS) is 14.6. The molecule has 45 heavy (non-hydrogen) atoms. The van der Waals surface area contributed by atoms with Crippen LogP contribution in [-0.2, 0) is 20.7 Å². The SMILES string of the molecule is Cc1ccc(C)c(C(C(=O)Nc2ccc3ccccc3c2)N(C(=O)C(Cc2ccccc2)NC(=O)OC(C)(C)C)C2CCC2)c1. The fourth-order valence-corrected chi connectivity index (χ4v) is 5.81. The van der Waals surface area contributed by atoms with Crippen LogP contribution in [0.5, 0.6) is 0 Å². The van der Waals surface area contributed by atoms with E-state index in [4.69, 9.17) is 4.74 Å². The van der Waals surface area contributed by atoms with Crippen molar-refractivity contribution in [3.05, 3.63) is 113 Å².